The summed E-state index contributed by atoms with van der Waals surface area (Å²) in [6.45, 7) is 0. The van der Waals surface area contributed by atoms with Crippen LogP contribution in [0.5, 0.6) is 5.75 Å². The number of aromatic nitrogens is 1. The molecule has 1 aromatic heterocycles. The van der Waals surface area contributed by atoms with Gasteiger partial charge in [-0.3, -0.25) is 14.4 Å². The number of rotatable bonds is 5. The van der Waals surface area contributed by atoms with Crippen molar-refractivity contribution in [3.8, 4) is 5.75 Å². The van der Waals surface area contributed by atoms with E-state index in [1.165, 1.54) is 13.2 Å². The van der Waals surface area contributed by atoms with Crippen molar-refractivity contribution in [2.24, 2.45) is 5.73 Å². The van der Waals surface area contributed by atoms with E-state index in [1.807, 2.05) is 18.4 Å². The number of nitrogens with one attached hydrogen (secondary N) is 2. The van der Waals surface area contributed by atoms with Crippen LogP contribution in [0, 0.1) is 0 Å². The number of ether oxygens (including phenoxy) is 1. The van der Waals surface area contributed by atoms with Crippen molar-refractivity contribution in [3.63, 3.8) is 0 Å². The van der Waals surface area contributed by atoms with Gasteiger partial charge in [0.05, 0.1) is 18.7 Å². The van der Waals surface area contributed by atoms with Gasteiger partial charge in [-0.05, 0) is 55.3 Å². The summed E-state index contributed by atoms with van der Waals surface area (Å²) in [4.78, 5) is 40.0. The van der Waals surface area contributed by atoms with Crippen LogP contribution in [0.2, 0.25) is 0 Å². The molecule has 142 valence electrons. The van der Waals surface area contributed by atoms with Gasteiger partial charge in [-0.1, -0.05) is 0 Å². The van der Waals surface area contributed by atoms with Gasteiger partial charge in [-0.25, -0.2) is 0 Å². The first-order valence-electron chi connectivity index (χ1n) is 8.53. The molecule has 0 bridgehead atoms. The molecule has 1 aromatic carbocycles. The standard InChI is InChI=1S/C19H21N3O4S/c1-26-16-8-10(27-2)6-7-11(16)18(24)21-14-4-3-5-15-12(14)9-13(17(20)23)19(25)22-15/h6-9,14H,3-5H2,1-2H3,(H2,20,23)(H,21,24)(H,22,25). The van der Waals surface area contributed by atoms with E-state index in [9.17, 15) is 14.4 Å². The summed E-state index contributed by atoms with van der Waals surface area (Å²) in [6, 6.07) is 6.58. The fraction of sp³-hybridized carbons (Fsp3) is 0.316. The Hall–Kier alpha value is -2.74. The van der Waals surface area contributed by atoms with Gasteiger partial charge in [0.15, 0.2) is 0 Å². The van der Waals surface area contributed by atoms with Gasteiger partial charge >= 0.3 is 0 Å². The number of benzene rings is 1. The van der Waals surface area contributed by atoms with Crippen LogP contribution < -0.4 is 21.3 Å². The molecule has 1 aliphatic rings. The number of H-pyrrole nitrogens is 1. The van der Waals surface area contributed by atoms with Gasteiger partial charge < -0.3 is 20.8 Å². The second-order valence-corrected chi connectivity index (χ2v) is 7.17. The van der Waals surface area contributed by atoms with Crippen molar-refractivity contribution in [1.82, 2.24) is 10.3 Å². The monoisotopic (exact) mass is 387 g/mol. The van der Waals surface area contributed by atoms with Crippen molar-refractivity contribution in [1.29, 1.82) is 0 Å². The first kappa shape index (κ1) is 19.0. The van der Waals surface area contributed by atoms with Crippen LogP contribution in [0.3, 0.4) is 0 Å². The molecule has 7 nitrogen and oxygen atoms in total. The number of pyridine rings is 1. The average Bonchev–Trinajstić information content (AvgIpc) is 2.66. The van der Waals surface area contributed by atoms with Crippen LogP contribution in [0.15, 0.2) is 34.0 Å². The highest BCUT2D eigenvalue weighted by atomic mass is 32.2. The average molecular weight is 387 g/mol. The maximum atomic E-state index is 12.8. The minimum absolute atomic E-state index is 0.100. The highest BCUT2D eigenvalue weighted by molar-refractivity contribution is 7.98. The number of nitrogens with two attached hydrogens (primary N) is 1. The van der Waals surface area contributed by atoms with E-state index < -0.39 is 11.5 Å². The Morgan fingerprint density at radius 1 is 1.30 bits per heavy atom. The van der Waals surface area contributed by atoms with Crippen molar-refractivity contribution < 1.29 is 14.3 Å². The third-order valence-corrected chi connectivity index (χ3v) is 5.40. The molecule has 0 spiro atoms. The summed E-state index contributed by atoms with van der Waals surface area (Å²) in [5.41, 5.74) is 6.57. The minimum atomic E-state index is -0.788. The lowest BCUT2D eigenvalue weighted by Crippen LogP contribution is -2.34. The number of thioether (sulfide) groups is 1. The third kappa shape index (κ3) is 3.85. The lowest BCUT2D eigenvalue weighted by atomic mass is 9.90. The fourth-order valence-electron chi connectivity index (χ4n) is 3.30. The number of methoxy groups -OCH3 is 1. The largest absolute Gasteiger partial charge is 0.496 e. The van der Waals surface area contributed by atoms with Gasteiger partial charge in [0.25, 0.3) is 17.4 Å². The third-order valence-electron chi connectivity index (χ3n) is 4.68. The minimum Gasteiger partial charge on any atom is -0.496 e. The Labute approximate surface area is 160 Å². The number of amides is 2. The van der Waals surface area contributed by atoms with Crippen molar-refractivity contribution >= 4 is 23.6 Å². The number of fused-ring (bicyclic) bond motifs is 1. The molecule has 4 N–H and O–H groups in total. The van der Waals surface area contributed by atoms with Crippen molar-refractivity contribution in [3.05, 3.63) is 57.0 Å². The molecule has 2 aromatic rings. The quantitative estimate of drug-likeness (QED) is 0.679. The zero-order chi connectivity index (χ0) is 19.6. The molecule has 1 aliphatic carbocycles. The predicted molar refractivity (Wildman–Crippen MR) is 104 cm³/mol. The molecule has 1 heterocycles. The second-order valence-electron chi connectivity index (χ2n) is 6.29. The number of hydrogen-bond acceptors (Lipinski definition) is 5. The van der Waals surface area contributed by atoms with Crippen LogP contribution in [0.4, 0.5) is 0 Å². The Bertz CT molecular complexity index is 954. The number of aryl methyl sites for hydroxylation is 1. The van der Waals surface area contributed by atoms with Crippen molar-refractivity contribution in [2.75, 3.05) is 13.4 Å². The summed E-state index contributed by atoms with van der Waals surface area (Å²) in [6.07, 6.45) is 4.15. The van der Waals surface area contributed by atoms with E-state index >= 15 is 0 Å². The smallest absolute Gasteiger partial charge is 0.261 e. The molecular weight excluding hydrogens is 366 g/mol. The summed E-state index contributed by atoms with van der Waals surface area (Å²) in [5, 5.41) is 2.99. The van der Waals surface area contributed by atoms with Crippen LogP contribution >= 0.6 is 11.8 Å². The zero-order valence-corrected chi connectivity index (χ0v) is 15.9. The first-order valence-corrected chi connectivity index (χ1v) is 9.76. The maximum Gasteiger partial charge on any atom is 0.261 e. The van der Waals surface area contributed by atoms with Crippen molar-refractivity contribution in [2.45, 2.75) is 30.2 Å². The summed E-state index contributed by atoms with van der Waals surface area (Å²) >= 11 is 1.56. The zero-order valence-electron chi connectivity index (χ0n) is 15.1. The van der Waals surface area contributed by atoms with Crippen LogP contribution in [0.1, 0.15) is 50.9 Å². The summed E-state index contributed by atoms with van der Waals surface area (Å²) in [5.74, 6) is -0.567. The van der Waals surface area contributed by atoms with E-state index in [-0.39, 0.29) is 17.5 Å². The summed E-state index contributed by atoms with van der Waals surface area (Å²) in [7, 11) is 1.52. The number of aromatic amines is 1. The molecule has 1 unspecified atom stereocenters. The molecule has 0 radical (unpaired) electrons. The van der Waals surface area contributed by atoms with Gasteiger partial charge in [-0.15, -0.1) is 11.8 Å². The highest BCUT2D eigenvalue weighted by Gasteiger charge is 2.26. The van der Waals surface area contributed by atoms with E-state index in [4.69, 9.17) is 10.5 Å². The van der Waals surface area contributed by atoms with Gasteiger partial charge in [0.1, 0.15) is 11.3 Å². The number of carbonyl (C=O) groups excluding carboxylic acids is 2. The molecule has 0 aliphatic heterocycles. The Kier molecular flexibility index (Phi) is 5.55. The van der Waals surface area contributed by atoms with Gasteiger partial charge in [0, 0.05) is 10.6 Å². The summed E-state index contributed by atoms with van der Waals surface area (Å²) < 4.78 is 5.35. The highest BCUT2D eigenvalue weighted by Crippen LogP contribution is 2.30. The van der Waals surface area contributed by atoms with E-state index in [0.29, 0.717) is 24.2 Å². The lowest BCUT2D eigenvalue weighted by molar-refractivity contribution is 0.0929. The van der Waals surface area contributed by atoms with Crippen LogP contribution in [-0.4, -0.2) is 30.2 Å². The fourth-order valence-corrected chi connectivity index (χ4v) is 3.72. The molecule has 8 heteroatoms. The molecule has 2 amide bonds. The van der Waals surface area contributed by atoms with Gasteiger partial charge in [-0.2, -0.15) is 0 Å². The predicted octanol–water partition coefficient (Wildman–Crippen LogP) is 2.01. The SMILES string of the molecule is COc1cc(SC)ccc1C(=O)NC1CCCc2[nH]c(=O)c(C(N)=O)cc21. The molecule has 27 heavy (non-hydrogen) atoms. The van der Waals surface area contributed by atoms with E-state index in [1.54, 1.807) is 17.8 Å². The molecular formula is C19H21N3O4S. The molecule has 0 saturated heterocycles. The van der Waals surface area contributed by atoms with E-state index in [0.717, 1.165) is 22.6 Å². The lowest BCUT2D eigenvalue weighted by Gasteiger charge is -2.26. The molecule has 1 atom stereocenters. The first-order chi connectivity index (χ1) is 12.9. The van der Waals surface area contributed by atoms with Gasteiger partial charge in [0.2, 0.25) is 0 Å². The second kappa shape index (κ2) is 7.87. The topological polar surface area (TPSA) is 114 Å². The molecule has 0 saturated carbocycles. The normalized spacial score (nSPS) is 15.7. The maximum absolute atomic E-state index is 12.8. The number of primary amides is 1. The number of hydrogen-bond donors (Lipinski definition) is 3. The Morgan fingerprint density at radius 2 is 2.07 bits per heavy atom. The molecule has 0 fully saturated rings. The van der Waals surface area contributed by atoms with Crippen LogP contribution in [0.25, 0.3) is 0 Å². The Morgan fingerprint density at radius 3 is 2.74 bits per heavy atom. The van der Waals surface area contributed by atoms with E-state index in [2.05, 4.69) is 10.3 Å². The van der Waals surface area contributed by atoms with Crippen LogP contribution in [-0.2, 0) is 6.42 Å². The molecule has 3 rings (SSSR count). The Balaban J connectivity index is 1.92. The number of carbonyl (C=O) groups is 2.